The van der Waals surface area contributed by atoms with E-state index in [2.05, 4.69) is 197 Å². The monoisotopic (exact) mass is 867 g/mol. The van der Waals surface area contributed by atoms with Crippen molar-refractivity contribution in [3.05, 3.63) is 249 Å². The summed E-state index contributed by atoms with van der Waals surface area (Å²) in [6, 6.07) is 88.5. The van der Waals surface area contributed by atoms with Gasteiger partial charge in [-0.2, -0.15) is 0 Å². The fourth-order valence-corrected chi connectivity index (χ4v) is 9.92. The minimum absolute atomic E-state index is 0.625. The second-order valence-electron chi connectivity index (χ2n) is 17.3. The van der Waals surface area contributed by atoms with Crippen molar-refractivity contribution >= 4 is 43.6 Å². The normalized spacial score (nSPS) is 11.5. The molecule has 0 aliphatic rings. The zero-order valence-corrected chi connectivity index (χ0v) is 36.9. The number of hydrogen-bond donors (Lipinski definition) is 0. The van der Waals surface area contributed by atoms with Gasteiger partial charge in [-0.1, -0.05) is 182 Å². The van der Waals surface area contributed by atoms with Crippen molar-refractivity contribution < 1.29 is 0 Å². The number of hydrogen-bond acceptors (Lipinski definition) is 3. The van der Waals surface area contributed by atoms with Gasteiger partial charge >= 0.3 is 0 Å². The molecular weight excluding hydrogens is 827 g/mol. The summed E-state index contributed by atoms with van der Waals surface area (Å²) in [6.45, 7) is 0. The Balaban J connectivity index is 0.930. The van der Waals surface area contributed by atoms with Crippen LogP contribution < -0.4 is 0 Å². The summed E-state index contributed by atoms with van der Waals surface area (Å²) in [6.07, 6.45) is 0. The predicted octanol–water partition coefficient (Wildman–Crippen LogP) is 16.1. The van der Waals surface area contributed by atoms with Crippen molar-refractivity contribution in [3.63, 3.8) is 0 Å². The van der Waals surface area contributed by atoms with Gasteiger partial charge < -0.3 is 9.13 Å². The largest absolute Gasteiger partial charge is 0.309 e. The summed E-state index contributed by atoms with van der Waals surface area (Å²) >= 11 is 0. The average Bonchev–Trinajstić information content (AvgIpc) is 3.94. The highest BCUT2D eigenvalue weighted by Crippen LogP contribution is 2.40. The molecule has 0 aliphatic heterocycles. The molecule has 3 aromatic heterocycles. The van der Waals surface area contributed by atoms with Gasteiger partial charge in [0.2, 0.25) is 0 Å². The van der Waals surface area contributed by atoms with Crippen LogP contribution in [0.2, 0.25) is 0 Å². The maximum absolute atomic E-state index is 5.05. The molecule has 68 heavy (non-hydrogen) atoms. The first-order chi connectivity index (χ1) is 33.7. The summed E-state index contributed by atoms with van der Waals surface area (Å²) in [5, 5.41) is 4.82. The van der Waals surface area contributed by atoms with Crippen LogP contribution in [-0.4, -0.2) is 24.1 Å². The Bertz CT molecular complexity index is 3890. The van der Waals surface area contributed by atoms with Crippen LogP contribution >= 0.6 is 0 Å². The molecule has 0 saturated heterocycles. The van der Waals surface area contributed by atoms with Gasteiger partial charge in [0, 0.05) is 49.6 Å². The fourth-order valence-electron chi connectivity index (χ4n) is 9.92. The first kappa shape index (κ1) is 39.2. The molecule has 5 nitrogen and oxygen atoms in total. The lowest BCUT2D eigenvalue weighted by Gasteiger charge is -2.14. The molecule has 5 heteroatoms. The number of benzene rings is 10. The van der Waals surface area contributed by atoms with Gasteiger partial charge in [0.15, 0.2) is 17.5 Å². The summed E-state index contributed by atoms with van der Waals surface area (Å²) in [5.74, 6) is 1.91. The zero-order chi connectivity index (χ0) is 45.0. The second-order valence-corrected chi connectivity index (χ2v) is 17.3. The fraction of sp³-hybridized carbons (Fsp3) is 0. The highest BCUT2D eigenvalue weighted by Gasteiger charge is 2.19. The molecule has 13 rings (SSSR count). The van der Waals surface area contributed by atoms with Crippen LogP contribution in [0.15, 0.2) is 249 Å². The van der Waals surface area contributed by atoms with E-state index in [1.54, 1.807) is 0 Å². The SMILES string of the molecule is c1ccc(-c2cc(-c3ccccc3)cc(-n3c4ccccc4c4cc(-c5ccc6c(c5)c5ccccc5n6-c5cccc(-c6nc(-c7ccccc7)nc(-c7ccccc7)n6)c5)ccc43)c2)cc1. The van der Waals surface area contributed by atoms with Gasteiger partial charge in [-0.25, -0.2) is 15.0 Å². The predicted molar refractivity (Wildman–Crippen MR) is 281 cm³/mol. The Kier molecular flexibility index (Phi) is 9.43. The van der Waals surface area contributed by atoms with Crippen LogP contribution in [0.1, 0.15) is 0 Å². The summed E-state index contributed by atoms with van der Waals surface area (Å²) < 4.78 is 4.79. The van der Waals surface area contributed by atoms with Crippen molar-refractivity contribution in [2.75, 3.05) is 0 Å². The molecule has 3 heterocycles. The molecule has 0 atom stereocenters. The van der Waals surface area contributed by atoms with Crippen LogP contribution in [-0.2, 0) is 0 Å². The average molecular weight is 868 g/mol. The van der Waals surface area contributed by atoms with E-state index in [0.717, 1.165) is 44.7 Å². The first-order valence-electron chi connectivity index (χ1n) is 23.0. The highest BCUT2D eigenvalue weighted by molar-refractivity contribution is 6.13. The number of para-hydroxylation sites is 2. The van der Waals surface area contributed by atoms with E-state index in [1.165, 1.54) is 60.4 Å². The minimum atomic E-state index is 0.625. The Hall–Kier alpha value is -9.19. The van der Waals surface area contributed by atoms with Crippen LogP contribution in [0.3, 0.4) is 0 Å². The van der Waals surface area contributed by atoms with Crippen molar-refractivity contribution in [1.82, 2.24) is 24.1 Å². The van der Waals surface area contributed by atoms with Crippen LogP contribution in [0.4, 0.5) is 0 Å². The lowest BCUT2D eigenvalue weighted by molar-refractivity contribution is 1.07. The maximum atomic E-state index is 5.05. The molecule has 13 aromatic rings. The van der Waals surface area contributed by atoms with Crippen molar-refractivity contribution in [1.29, 1.82) is 0 Å². The third-order valence-electron chi connectivity index (χ3n) is 13.1. The van der Waals surface area contributed by atoms with Gasteiger partial charge in [0.1, 0.15) is 0 Å². The minimum Gasteiger partial charge on any atom is -0.309 e. The molecule has 0 bridgehead atoms. The molecule has 10 aromatic carbocycles. The number of nitrogens with zero attached hydrogens (tertiary/aromatic N) is 5. The van der Waals surface area contributed by atoms with Gasteiger partial charge in [0.05, 0.1) is 22.1 Å². The van der Waals surface area contributed by atoms with Gasteiger partial charge in [-0.05, 0) is 100 Å². The highest BCUT2D eigenvalue weighted by atomic mass is 15.0. The molecule has 0 aliphatic carbocycles. The van der Waals surface area contributed by atoms with Gasteiger partial charge in [0.25, 0.3) is 0 Å². The third kappa shape index (κ3) is 6.84. The van der Waals surface area contributed by atoms with E-state index < -0.39 is 0 Å². The third-order valence-corrected chi connectivity index (χ3v) is 13.1. The van der Waals surface area contributed by atoms with Gasteiger partial charge in [-0.15, -0.1) is 0 Å². The molecule has 0 N–H and O–H groups in total. The topological polar surface area (TPSA) is 48.5 Å². The summed E-state index contributed by atoms with van der Waals surface area (Å²) in [4.78, 5) is 15.0. The van der Waals surface area contributed by atoms with E-state index in [0.29, 0.717) is 17.5 Å². The van der Waals surface area contributed by atoms with Crippen LogP contribution in [0, 0.1) is 0 Å². The lowest BCUT2D eigenvalue weighted by atomic mass is 9.98. The molecule has 0 spiro atoms. The van der Waals surface area contributed by atoms with Crippen molar-refractivity contribution in [2.24, 2.45) is 0 Å². The molecule has 0 radical (unpaired) electrons. The van der Waals surface area contributed by atoms with E-state index in [-0.39, 0.29) is 0 Å². The Labute approximate surface area is 393 Å². The Morgan fingerprint density at radius 1 is 0.206 bits per heavy atom. The van der Waals surface area contributed by atoms with E-state index in [4.69, 9.17) is 15.0 Å². The smallest absolute Gasteiger partial charge is 0.164 e. The van der Waals surface area contributed by atoms with E-state index >= 15 is 0 Å². The first-order valence-corrected chi connectivity index (χ1v) is 23.0. The molecule has 0 amide bonds. The van der Waals surface area contributed by atoms with Crippen molar-refractivity contribution in [2.45, 2.75) is 0 Å². The maximum Gasteiger partial charge on any atom is 0.164 e. The molecule has 0 unspecified atom stereocenters. The summed E-state index contributed by atoms with van der Waals surface area (Å²) in [5.41, 5.74) is 16.7. The quantitative estimate of drug-likeness (QED) is 0.153. The van der Waals surface area contributed by atoms with Crippen molar-refractivity contribution in [3.8, 4) is 78.9 Å². The van der Waals surface area contributed by atoms with E-state index in [9.17, 15) is 0 Å². The Morgan fingerprint density at radius 2 is 0.574 bits per heavy atom. The molecular formula is C63H41N5. The lowest BCUT2D eigenvalue weighted by Crippen LogP contribution is -2.01. The standard InChI is InChI=1S/C63H41N5/c1-5-18-42(19-6-1)49-36-50(43-20-7-2-8-21-43)39-52(38-49)68-58-31-16-14-29-54(58)56-41-47(33-35-60(56)68)46-32-34-59-55(40-46)53-28-13-15-30-57(53)67(59)51-27-17-26-48(37-51)63-65-61(44-22-9-3-10-23-44)64-62(66-63)45-24-11-4-12-25-45/h1-41H. The molecule has 318 valence electrons. The molecule has 0 saturated carbocycles. The molecule has 0 fully saturated rings. The summed E-state index contributed by atoms with van der Waals surface area (Å²) in [7, 11) is 0. The number of aromatic nitrogens is 5. The second kappa shape index (κ2) is 16.4. The number of fused-ring (bicyclic) bond motifs is 6. The van der Waals surface area contributed by atoms with Gasteiger partial charge in [-0.3, -0.25) is 0 Å². The zero-order valence-electron chi connectivity index (χ0n) is 36.9. The van der Waals surface area contributed by atoms with E-state index in [1.807, 2.05) is 60.7 Å². The Morgan fingerprint density at radius 3 is 1.06 bits per heavy atom. The number of rotatable bonds is 8. The van der Waals surface area contributed by atoms with Crippen LogP contribution in [0.5, 0.6) is 0 Å². The van der Waals surface area contributed by atoms with Crippen LogP contribution in [0.25, 0.3) is 123 Å².